The molecule has 0 aliphatic carbocycles. The van der Waals surface area contributed by atoms with Gasteiger partial charge in [-0.1, -0.05) is 18.2 Å². The number of ether oxygens (including phenoxy) is 1. The molecule has 0 fully saturated rings. The summed E-state index contributed by atoms with van der Waals surface area (Å²) in [6, 6.07) is 11.5. The quantitative estimate of drug-likeness (QED) is 0.869. The van der Waals surface area contributed by atoms with E-state index in [-0.39, 0.29) is 11.6 Å². The summed E-state index contributed by atoms with van der Waals surface area (Å²) in [5, 5.41) is 13.0. The third-order valence-corrected chi connectivity index (χ3v) is 2.85. The fraction of sp³-hybridized carbons (Fsp3) is 0.200. The molecule has 0 amide bonds. The molecule has 0 aliphatic rings. The topological polar surface area (TPSA) is 41.5 Å². The predicted octanol–water partition coefficient (Wildman–Crippen LogP) is 2.83. The van der Waals surface area contributed by atoms with Crippen molar-refractivity contribution in [1.29, 1.82) is 0 Å². The first-order valence-corrected chi connectivity index (χ1v) is 6.00. The first-order valence-electron chi connectivity index (χ1n) is 6.00. The van der Waals surface area contributed by atoms with Gasteiger partial charge >= 0.3 is 0 Å². The molecule has 2 N–H and O–H groups in total. The van der Waals surface area contributed by atoms with E-state index in [1.807, 2.05) is 6.07 Å². The second kappa shape index (κ2) is 6.20. The molecule has 0 bridgehead atoms. The van der Waals surface area contributed by atoms with Crippen molar-refractivity contribution in [3.8, 4) is 11.5 Å². The number of methoxy groups -OCH3 is 1. The van der Waals surface area contributed by atoms with E-state index in [9.17, 15) is 9.50 Å². The minimum atomic E-state index is -0.239. The van der Waals surface area contributed by atoms with Crippen LogP contribution in [0.4, 0.5) is 4.39 Å². The van der Waals surface area contributed by atoms with Gasteiger partial charge in [-0.2, -0.15) is 0 Å². The molecular weight excluding hydrogens is 245 g/mol. The van der Waals surface area contributed by atoms with Crippen LogP contribution in [-0.2, 0) is 13.1 Å². The summed E-state index contributed by atoms with van der Waals surface area (Å²) < 4.78 is 17.8. The minimum Gasteiger partial charge on any atom is -0.507 e. The summed E-state index contributed by atoms with van der Waals surface area (Å²) in [6.45, 7) is 1.15. The molecule has 100 valence electrons. The van der Waals surface area contributed by atoms with Crippen molar-refractivity contribution in [2.45, 2.75) is 13.1 Å². The van der Waals surface area contributed by atoms with E-state index in [1.54, 1.807) is 31.4 Å². The van der Waals surface area contributed by atoms with Gasteiger partial charge in [0.2, 0.25) is 0 Å². The average Bonchev–Trinajstić information content (AvgIpc) is 2.42. The lowest BCUT2D eigenvalue weighted by molar-refractivity contribution is 0.406. The monoisotopic (exact) mass is 261 g/mol. The van der Waals surface area contributed by atoms with Crippen molar-refractivity contribution in [2.75, 3.05) is 7.11 Å². The maximum atomic E-state index is 12.7. The number of phenolic OH excluding ortho intramolecular Hbond substituents is 1. The molecule has 3 nitrogen and oxygen atoms in total. The molecule has 2 rings (SSSR count). The lowest BCUT2D eigenvalue weighted by Gasteiger charge is -2.08. The second-order valence-corrected chi connectivity index (χ2v) is 4.22. The summed E-state index contributed by atoms with van der Waals surface area (Å²) in [5.41, 5.74) is 1.79. The maximum absolute atomic E-state index is 12.7. The van der Waals surface area contributed by atoms with Crippen molar-refractivity contribution in [2.24, 2.45) is 0 Å². The Labute approximate surface area is 111 Å². The Morgan fingerprint density at radius 1 is 1.11 bits per heavy atom. The Morgan fingerprint density at radius 2 is 1.84 bits per heavy atom. The summed E-state index contributed by atoms with van der Waals surface area (Å²) in [4.78, 5) is 0. The summed E-state index contributed by atoms with van der Waals surface area (Å²) in [7, 11) is 1.56. The number of halogens is 1. The van der Waals surface area contributed by atoms with Crippen molar-refractivity contribution in [3.05, 3.63) is 59.4 Å². The van der Waals surface area contributed by atoms with Crippen LogP contribution in [0.2, 0.25) is 0 Å². The zero-order valence-electron chi connectivity index (χ0n) is 10.7. The Bertz CT molecular complexity index is 540. The van der Waals surface area contributed by atoms with Gasteiger partial charge in [0, 0.05) is 24.7 Å². The molecule has 0 atom stereocenters. The third kappa shape index (κ3) is 3.69. The third-order valence-electron chi connectivity index (χ3n) is 2.85. The van der Waals surface area contributed by atoms with Gasteiger partial charge in [-0.25, -0.2) is 4.39 Å². The molecule has 0 unspecified atom stereocenters. The fourth-order valence-electron chi connectivity index (χ4n) is 1.76. The van der Waals surface area contributed by atoms with E-state index in [0.717, 1.165) is 11.1 Å². The number of nitrogens with one attached hydrogen (secondary N) is 1. The molecule has 0 aliphatic heterocycles. The molecule has 0 radical (unpaired) electrons. The average molecular weight is 261 g/mol. The molecular formula is C15H16FNO2. The summed E-state index contributed by atoms with van der Waals surface area (Å²) >= 11 is 0. The SMILES string of the molecule is COc1ccc(CNCc2ccc(F)cc2)c(O)c1. The van der Waals surface area contributed by atoms with Crippen LogP contribution >= 0.6 is 0 Å². The number of phenols is 1. The van der Waals surface area contributed by atoms with E-state index in [4.69, 9.17) is 4.74 Å². The molecule has 2 aromatic rings. The highest BCUT2D eigenvalue weighted by Gasteiger charge is 2.02. The lowest BCUT2D eigenvalue weighted by Crippen LogP contribution is -2.12. The first-order chi connectivity index (χ1) is 9.19. The van der Waals surface area contributed by atoms with Crippen LogP contribution in [0.5, 0.6) is 11.5 Å². The van der Waals surface area contributed by atoms with Crippen LogP contribution in [-0.4, -0.2) is 12.2 Å². The maximum Gasteiger partial charge on any atom is 0.123 e. The molecule has 0 aromatic heterocycles. The van der Waals surface area contributed by atoms with Crippen molar-refractivity contribution in [3.63, 3.8) is 0 Å². The highest BCUT2D eigenvalue weighted by atomic mass is 19.1. The van der Waals surface area contributed by atoms with E-state index in [1.165, 1.54) is 12.1 Å². The Morgan fingerprint density at radius 3 is 2.47 bits per heavy atom. The van der Waals surface area contributed by atoms with Gasteiger partial charge in [0.15, 0.2) is 0 Å². The molecule has 0 saturated carbocycles. The van der Waals surface area contributed by atoms with E-state index >= 15 is 0 Å². The molecule has 19 heavy (non-hydrogen) atoms. The van der Waals surface area contributed by atoms with Crippen LogP contribution < -0.4 is 10.1 Å². The second-order valence-electron chi connectivity index (χ2n) is 4.22. The summed E-state index contributed by atoms with van der Waals surface area (Å²) in [6.07, 6.45) is 0. The van der Waals surface area contributed by atoms with Gasteiger partial charge in [0.05, 0.1) is 7.11 Å². The van der Waals surface area contributed by atoms with Crippen molar-refractivity contribution in [1.82, 2.24) is 5.32 Å². The van der Waals surface area contributed by atoms with Gasteiger partial charge in [0.1, 0.15) is 17.3 Å². The number of rotatable bonds is 5. The van der Waals surface area contributed by atoms with Crippen LogP contribution in [0.15, 0.2) is 42.5 Å². The molecule has 0 heterocycles. The van der Waals surface area contributed by atoms with Crippen LogP contribution in [0.3, 0.4) is 0 Å². The largest absolute Gasteiger partial charge is 0.507 e. The van der Waals surface area contributed by atoms with Gasteiger partial charge in [0.25, 0.3) is 0 Å². The van der Waals surface area contributed by atoms with Gasteiger partial charge in [-0.15, -0.1) is 0 Å². The predicted molar refractivity (Wildman–Crippen MR) is 71.6 cm³/mol. The standard InChI is InChI=1S/C15H16FNO2/c1-19-14-7-4-12(15(18)8-14)10-17-9-11-2-5-13(16)6-3-11/h2-8,17-18H,9-10H2,1H3. The smallest absolute Gasteiger partial charge is 0.123 e. The van der Waals surface area contributed by atoms with Crippen LogP contribution in [0.1, 0.15) is 11.1 Å². The van der Waals surface area contributed by atoms with Crippen molar-refractivity contribution < 1.29 is 14.2 Å². The summed E-state index contributed by atoms with van der Waals surface area (Å²) in [5.74, 6) is 0.585. The van der Waals surface area contributed by atoms with E-state index < -0.39 is 0 Å². The number of benzene rings is 2. The van der Waals surface area contributed by atoms with Crippen molar-refractivity contribution >= 4 is 0 Å². The number of hydrogen-bond donors (Lipinski definition) is 2. The zero-order valence-corrected chi connectivity index (χ0v) is 10.7. The molecule has 0 saturated heterocycles. The van der Waals surface area contributed by atoms with Gasteiger partial charge in [-0.05, 0) is 23.8 Å². The highest BCUT2D eigenvalue weighted by Crippen LogP contribution is 2.23. The van der Waals surface area contributed by atoms with E-state index in [0.29, 0.717) is 18.8 Å². The lowest BCUT2D eigenvalue weighted by atomic mass is 10.1. The van der Waals surface area contributed by atoms with Crippen LogP contribution in [0.25, 0.3) is 0 Å². The van der Waals surface area contributed by atoms with Crippen LogP contribution in [0, 0.1) is 5.82 Å². The molecule has 0 spiro atoms. The first kappa shape index (κ1) is 13.4. The Hall–Kier alpha value is -2.07. The molecule has 4 heteroatoms. The minimum absolute atomic E-state index is 0.200. The van der Waals surface area contributed by atoms with Gasteiger partial charge < -0.3 is 15.2 Å². The van der Waals surface area contributed by atoms with Gasteiger partial charge in [-0.3, -0.25) is 0 Å². The normalized spacial score (nSPS) is 10.4. The number of hydrogen-bond acceptors (Lipinski definition) is 3. The highest BCUT2D eigenvalue weighted by molar-refractivity contribution is 5.39. The number of aromatic hydroxyl groups is 1. The Balaban J connectivity index is 1.90. The Kier molecular flexibility index (Phi) is 4.36. The fourth-order valence-corrected chi connectivity index (χ4v) is 1.76. The zero-order chi connectivity index (χ0) is 13.7. The molecule has 2 aromatic carbocycles. The van der Waals surface area contributed by atoms with E-state index in [2.05, 4.69) is 5.32 Å².